The Morgan fingerprint density at radius 2 is 2.26 bits per heavy atom. The normalized spacial score (nSPS) is 11.8. The van der Waals surface area contributed by atoms with Crippen LogP contribution < -0.4 is 5.32 Å². The minimum atomic E-state index is -0.807. The minimum Gasteiger partial charge on any atom is -0.464 e. The number of nitro groups is 1. The van der Waals surface area contributed by atoms with Gasteiger partial charge >= 0.3 is 5.97 Å². The lowest BCUT2D eigenvalue weighted by Crippen LogP contribution is -2.28. The van der Waals surface area contributed by atoms with Crippen molar-refractivity contribution in [3.05, 3.63) is 31.6 Å². The fourth-order valence-electron chi connectivity index (χ4n) is 1.36. The smallest absolute Gasteiger partial charge is 0.328 e. The molecule has 0 radical (unpaired) electrons. The van der Waals surface area contributed by atoms with Crippen LogP contribution in [0.3, 0.4) is 0 Å². The Labute approximate surface area is 122 Å². The Bertz CT molecular complexity index is 510. The quantitative estimate of drug-likeness (QED) is 0.367. The zero-order valence-corrected chi connectivity index (χ0v) is 12.4. The van der Waals surface area contributed by atoms with E-state index in [0.29, 0.717) is 0 Å². The van der Waals surface area contributed by atoms with Crippen molar-refractivity contribution in [2.75, 3.05) is 11.9 Å². The molecular formula is C11H12FIN2O4. The van der Waals surface area contributed by atoms with Crippen LogP contribution in [-0.4, -0.2) is 23.5 Å². The van der Waals surface area contributed by atoms with Crippen LogP contribution in [0, 0.1) is 19.5 Å². The van der Waals surface area contributed by atoms with Gasteiger partial charge in [-0.15, -0.1) is 0 Å². The van der Waals surface area contributed by atoms with Crippen molar-refractivity contribution in [1.29, 1.82) is 0 Å². The molecule has 1 unspecified atom stereocenters. The summed E-state index contributed by atoms with van der Waals surface area (Å²) in [6.45, 7) is 3.34. The lowest BCUT2D eigenvalue weighted by atomic mass is 10.2. The number of nitro benzene ring substituents is 1. The molecule has 104 valence electrons. The Morgan fingerprint density at radius 1 is 1.63 bits per heavy atom. The number of carbonyl (C=O) groups is 1. The van der Waals surface area contributed by atoms with Crippen LogP contribution in [0.5, 0.6) is 0 Å². The summed E-state index contributed by atoms with van der Waals surface area (Å²) in [5.41, 5.74) is -0.342. The van der Waals surface area contributed by atoms with Gasteiger partial charge in [-0.1, -0.05) is 0 Å². The molecule has 0 aliphatic carbocycles. The minimum absolute atomic E-state index is 0.0523. The topological polar surface area (TPSA) is 81.5 Å². The molecule has 1 aromatic rings. The molecule has 0 heterocycles. The number of halogens is 2. The van der Waals surface area contributed by atoms with E-state index in [1.807, 2.05) is 0 Å². The van der Waals surface area contributed by atoms with Crippen LogP contribution >= 0.6 is 22.6 Å². The number of hydrogen-bond acceptors (Lipinski definition) is 5. The first-order valence-electron chi connectivity index (χ1n) is 5.43. The number of ether oxygens (including phenoxy) is 1. The summed E-state index contributed by atoms with van der Waals surface area (Å²) in [5, 5.41) is 13.5. The Kier molecular flexibility index (Phi) is 5.45. The van der Waals surface area contributed by atoms with Crippen LogP contribution in [0.15, 0.2) is 12.1 Å². The lowest BCUT2D eigenvalue weighted by Gasteiger charge is -2.14. The van der Waals surface area contributed by atoms with Crippen LogP contribution in [0.1, 0.15) is 13.8 Å². The zero-order chi connectivity index (χ0) is 14.6. The van der Waals surface area contributed by atoms with Crippen LogP contribution in [0.2, 0.25) is 0 Å². The van der Waals surface area contributed by atoms with Crippen molar-refractivity contribution in [3.63, 3.8) is 0 Å². The van der Waals surface area contributed by atoms with E-state index in [4.69, 9.17) is 4.74 Å². The van der Waals surface area contributed by atoms with E-state index >= 15 is 0 Å². The molecule has 0 aliphatic heterocycles. The van der Waals surface area contributed by atoms with E-state index < -0.39 is 22.8 Å². The molecule has 0 aromatic heterocycles. The Hall–Kier alpha value is -1.45. The van der Waals surface area contributed by atoms with Gasteiger partial charge in [-0.3, -0.25) is 10.1 Å². The number of benzene rings is 1. The number of rotatable bonds is 5. The van der Waals surface area contributed by atoms with Gasteiger partial charge in [-0.05, 0) is 36.4 Å². The molecule has 0 fully saturated rings. The summed E-state index contributed by atoms with van der Waals surface area (Å²) in [6.07, 6.45) is 0. The van der Waals surface area contributed by atoms with E-state index in [0.717, 1.165) is 12.1 Å². The number of anilines is 1. The molecular weight excluding hydrogens is 370 g/mol. The highest BCUT2D eigenvalue weighted by Crippen LogP contribution is 2.29. The summed E-state index contributed by atoms with van der Waals surface area (Å²) in [6, 6.07) is 1.30. The van der Waals surface area contributed by atoms with Crippen LogP contribution in [0.25, 0.3) is 0 Å². The fourth-order valence-corrected chi connectivity index (χ4v) is 1.81. The predicted octanol–water partition coefficient (Wildman–Crippen LogP) is 2.70. The summed E-state index contributed by atoms with van der Waals surface area (Å²) in [4.78, 5) is 21.7. The van der Waals surface area contributed by atoms with Gasteiger partial charge in [0, 0.05) is 12.1 Å². The van der Waals surface area contributed by atoms with Crippen molar-refractivity contribution in [2.45, 2.75) is 19.9 Å². The molecule has 0 spiro atoms. The van der Waals surface area contributed by atoms with Crippen molar-refractivity contribution < 1.29 is 18.8 Å². The first-order valence-corrected chi connectivity index (χ1v) is 6.51. The third-order valence-electron chi connectivity index (χ3n) is 2.25. The van der Waals surface area contributed by atoms with Crippen molar-refractivity contribution in [1.82, 2.24) is 0 Å². The highest BCUT2D eigenvalue weighted by molar-refractivity contribution is 14.1. The number of hydrogen-bond donors (Lipinski definition) is 1. The second-order valence-corrected chi connectivity index (χ2v) is 4.82. The average molecular weight is 382 g/mol. The largest absolute Gasteiger partial charge is 0.464 e. The molecule has 6 nitrogen and oxygen atoms in total. The van der Waals surface area contributed by atoms with Gasteiger partial charge in [0.1, 0.15) is 17.5 Å². The third kappa shape index (κ3) is 4.01. The molecule has 8 heteroatoms. The van der Waals surface area contributed by atoms with E-state index in [2.05, 4.69) is 5.32 Å². The van der Waals surface area contributed by atoms with E-state index in [9.17, 15) is 19.3 Å². The first kappa shape index (κ1) is 15.6. The fraction of sp³-hybridized carbons (Fsp3) is 0.364. The number of nitrogens with one attached hydrogen (secondary N) is 1. The molecule has 0 saturated carbocycles. The molecule has 19 heavy (non-hydrogen) atoms. The maximum atomic E-state index is 13.4. The zero-order valence-electron chi connectivity index (χ0n) is 10.3. The maximum Gasteiger partial charge on any atom is 0.328 e. The average Bonchev–Trinajstić information content (AvgIpc) is 2.33. The van der Waals surface area contributed by atoms with Gasteiger partial charge in [0.25, 0.3) is 5.69 Å². The first-order chi connectivity index (χ1) is 8.86. The summed E-state index contributed by atoms with van der Waals surface area (Å²) in [7, 11) is 0. The molecule has 0 amide bonds. The summed E-state index contributed by atoms with van der Waals surface area (Å²) in [5.74, 6) is -1.15. The third-order valence-corrected chi connectivity index (χ3v) is 3.07. The van der Waals surface area contributed by atoms with Crippen LogP contribution in [-0.2, 0) is 9.53 Å². The van der Waals surface area contributed by atoms with Crippen molar-refractivity contribution in [2.24, 2.45) is 0 Å². The predicted molar refractivity (Wildman–Crippen MR) is 75.5 cm³/mol. The molecule has 0 bridgehead atoms. The van der Waals surface area contributed by atoms with E-state index in [1.54, 1.807) is 29.5 Å². The van der Waals surface area contributed by atoms with Crippen LogP contribution in [0.4, 0.5) is 15.8 Å². The maximum absolute atomic E-state index is 13.4. The summed E-state index contributed by atoms with van der Waals surface area (Å²) >= 11 is 1.66. The van der Waals surface area contributed by atoms with Gasteiger partial charge in [0.15, 0.2) is 0 Å². The Balaban J connectivity index is 3.03. The molecule has 1 N–H and O–H groups in total. The van der Waals surface area contributed by atoms with E-state index in [1.165, 1.54) is 6.92 Å². The highest BCUT2D eigenvalue weighted by Gasteiger charge is 2.22. The van der Waals surface area contributed by atoms with Crippen molar-refractivity contribution >= 4 is 39.9 Å². The standard InChI is InChI=1S/C11H12FIN2O4/c1-3-19-11(16)6(2)14-9-4-7(12)8(13)5-10(9)15(17)18/h4-6,14H,3H2,1-2H3. The van der Waals surface area contributed by atoms with Gasteiger partial charge in [0.05, 0.1) is 15.1 Å². The van der Waals surface area contributed by atoms with Gasteiger partial charge in [-0.2, -0.15) is 0 Å². The SMILES string of the molecule is CCOC(=O)C(C)Nc1cc(F)c(I)cc1[N+](=O)[O-]. The van der Waals surface area contributed by atoms with Crippen molar-refractivity contribution in [3.8, 4) is 0 Å². The molecule has 0 saturated heterocycles. The molecule has 0 aliphatic rings. The molecule has 1 atom stereocenters. The van der Waals surface area contributed by atoms with Gasteiger partial charge in [0.2, 0.25) is 0 Å². The Morgan fingerprint density at radius 3 is 2.79 bits per heavy atom. The number of nitrogens with zero attached hydrogens (tertiary/aromatic N) is 1. The monoisotopic (exact) mass is 382 g/mol. The number of carbonyl (C=O) groups excluding carboxylic acids is 1. The highest BCUT2D eigenvalue weighted by atomic mass is 127. The van der Waals surface area contributed by atoms with Gasteiger partial charge in [-0.25, -0.2) is 9.18 Å². The van der Waals surface area contributed by atoms with E-state index in [-0.39, 0.29) is 21.6 Å². The molecule has 1 rings (SSSR count). The van der Waals surface area contributed by atoms with Gasteiger partial charge < -0.3 is 10.1 Å². The summed E-state index contributed by atoms with van der Waals surface area (Å²) < 4.78 is 18.3. The lowest BCUT2D eigenvalue weighted by molar-refractivity contribution is -0.384. The second-order valence-electron chi connectivity index (χ2n) is 3.66. The second kappa shape index (κ2) is 6.64. The molecule has 1 aromatic carbocycles. The number of esters is 1.